The maximum absolute atomic E-state index is 13.1. The summed E-state index contributed by atoms with van der Waals surface area (Å²) in [6.07, 6.45) is 3.08. The molecule has 2 amide bonds. The maximum atomic E-state index is 13.1. The third-order valence-electron chi connectivity index (χ3n) is 5.93. The second-order valence-corrected chi connectivity index (χ2v) is 8.07. The largest absolute Gasteiger partial charge is 0.467 e. The predicted molar refractivity (Wildman–Crippen MR) is 127 cm³/mol. The van der Waals surface area contributed by atoms with E-state index in [2.05, 4.69) is 20.6 Å². The first kappa shape index (κ1) is 21.6. The average molecular weight is 457 g/mol. The molecule has 1 aliphatic rings. The van der Waals surface area contributed by atoms with E-state index in [4.69, 9.17) is 9.84 Å². The lowest BCUT2D eigenvalue weighted by atomic mass is 10.1. The van der Waals surface area contributed by atoms with E-state index < -0.39 is 18.2 Å². The Balaban J connectivity index is 1.47. The summed E-state index contributed by atoms with van der Waals surface area (Å²) >= 11 is 0. The first-order valence-electron chi connectivity index (χ1n) is 10.9. The van der Waals surface area contributed by atoms with Crippen molar-refractivity contribution < 1.29 is 14.6 Å². The molecule has 4 aromatic rings. The first-order chi connectivity index (χ1) is 16.5. The number of hydrogen-bond donors (Lipinski definition) is 3. The summed E-state index contributed by atoms with van der Waals surface area (Å²) in [5.74, 6) is 0.510. The lowest BCUT2D eigenvalue weighted by Crippen LogP contribution is -2.37. The van der Waals surface area contributed by atoms with E-state index in [1.165, 1.54) is 7.11 Å². The lowest BCUT2D eigenvalue weighted by molar-refractivity contribution is 0.144. The third kappa shape index (κ3) is 3.97. The number of ether oxygens (including phenoxy) is 1. The van der Waals surface area contributed by atoms with Gasteiger partial charge in [-0.2, -0.15) is 5.10 Å². The molecule has 1 aliphatic carbocycles. The average Bonchev–Trinajstić information content (AvgIpc) is 3.36. The number of aromatic nitrogens is 4. The zero-order valence-electron chi connectivity index (χ0n) is 18.8. The lowest BCUT2D eigenvalue weighted by Gasteiger charge is -2.19. The number of anilines is 1. The quantitative estimate of drug-likeness (QED) is 0.424. The van der Waals surface area contributed by atoms with Gasteiger partial charge in [0.15, 0.2) is 0 Å². The van der Waals surface area contributed by atoms with Gasteiger partial charge < -0.3 is 15.2 Å². The highest BCUT2D eigenvalue weighted by Gasteiger charge is 2.32. The SMILES string of the molecule is COc1ncc(-c2nn(-c3ccccc3)c(NC(=O)N[C@@H]3c4ccccc4C[C@H]3O)c2C)cn1. The van der Waals surface area contributed by atoms with Crippen LogP contribution in [0.5, 0.6) is 6.01 Å². The molecule has 2 aromatic heterocycles. The fourth-order valence-electron chi connectivity index (χ4n) is 4.25. The van der Waals surface area contributed by atoms with E-state index in [1.54, 1.807) is 17.1 Å². The number of para-hydroxylation sites is 1. The van der Waals surface area contributed by atoms with Crippen LogP contribution >= 0.6 is 0 Å². The van der Waals surface area contributed by atoms with Crippen molar-refractivity contribution in [3.8, 4) is 23.0 Å². The Hall–Kier alpha value is -4.24. The van der Waals surface area contributed by atoms with Crippen LogP contribution in [0.1, 0.15) is 22.7 Å². The monoisotopic (exact) mass is 456 g/mol. The number of aliphatic hydroxyl groups is 1. The van der Waals surface area contributed by atoms with E-state index in [0.29, 0.717) is 23.5 Å². The molecule has 3 N–H and O–H groups in total. The van der Waals surface area contributed by atoms with Crippen LogP contribution in [0.15, 0.2) is 67.0 Å². The highest BCUT2D eigenvalue weighted by molar-refractivity contribution is 5.91. The molecular formula is C25H24N6O3. The van der Waals surface area contributed by atoms with E-state index in [1.807, 2.05) is 61.5 Å². The summed E-state index contributed by atoms with van der Waals surface area (Å²) in [6, 6.07) is 16.6. The molecule has 0 bridgehead atoms. The zero-order valence-corrected chi connectivity index (χ0v) is 18.8. The van der Waals surface area contributed by atoms with Crippen LogP contribution in [0.3, 0.4) is 0 Å². The van der Waals surface area contributed by atoms with Crippen molar-refractivity contribution in [2.45, 2.75) is 25.5 Å². The van der Waals surface area contributed by atoms with Crippen molar-refractivity contribution in [1.29, 1.82) is 0 Å². The van der Waals surface area contributed by atoms with Crippen molar-refractivity contribution in [2.75, 3.05) is 12.4 Å². The van der Waals surface area contributed by atoms with Crippen molar-refractivity contribution in [1.82, 2.24) is 25.1 Å². The molecule has 0 fully saturated rings. The Morgan fingerprint density at radius 3 is 2.53 bits per heavy atom. The number of rotatable bonds is 5. The van der Waals surface area contributed by atoms with Gasteiger partial charge in [-0.05, 0) is 30.2 Å². The molecule has 2 aromatic carbocycles. The Morgan fingerprint density at radius 2 is 1.79 bits per heavy atom. The molecule has 2 heterocycles. The summed E-state index contributed by atoms with van der Waals surface area (Å²) < 4.78 is 6.72. The van der Waals surface area contributed by atoms with Crippen LogP contribution in [0, 0.1) is 6.92 Å². The number of fused-ring (bicyclic) bond motifs is 1. The van der Waals surface area contributed by atoms with Gasteiger partial charge in [-0.3, -0.25) is 5.32 Å². The second kappa shape index (κ2) is 8.95. The topological polar surface area (TPSA) is 114 Å². The van der Waals surface area contributed by atoms with E-state index in [0.717, 1.165) is 22.4 Å². The normalized spacial score (nSPS) is 16.7. The van der Waals surface area contributed by atoms with Gasteiger partial charge in [-0.1, -0.05) is 42.5 Å². The Morgan fingerprint density at radius 1 is 1.09 bits per heavy atom. The Bertz CT molecular complexity index is 1320. The molecule has 0 radical (unpaired) electrons. The zero-order chi connectivity index (χ0) is 23.7. The fourth-order valence-corrected chi connectivity index (χ4v) is 4.25. The summed E-state index contributed by atoms with van der Waals surface area (Å²) in [5, 5.41) is 21.1. The molecule has 2 atom stereocenters. The van der Waals surface area contributed by atoms with Crippen LogP contribution in [-0.4, -0.2) is 44.1 Å². The van der Waals surface area contributed by atoms with Crippen molar-refractivity contribution in [2.24, 2.45) is 0 Å². The number of carbonyl (C=O) groups is 1. The number of nitrogens with zero attached hydrogens (tertiary/aromatic N) is 4. The van der Waals surface area contributed by atoms with Gasteiger partial charge in [0.2, 0.25) is 0 Å². The molecule has 0 spiro atoms. The smallest absolute Gasteiger partial charge is 0.320 e. The van der Waals surface area contributed by atoms with Gasteiger partial charge in [-0.15, -0.1) is 0 Å². The van der Waals surface area contributed by atoms with E-state index in [9.17, 15) is 9.90 Å². The Labute approximate surface area is 196 Å². The predicted octanol–water partition coefficient (Wildman–Crippen LogP) is 3.43. The minimum atomic E-state index is -0.685. The summed E-state index contributed by atoms with van der Waals surface area (Å²) in [7, 11) is 1.50. The van der Waals surface area contributed by atoms with Gasteiger partial charge >= 0.3 is 12.0 Å². The molecule has 5 rings (SSSR count). The standard InChI is InChI=1S/C25H24N6O3/c1-15-21(17-13-26-25(34-2)27-14-17)30-31(18-9-4-3-5-10-18)23(15)29-24(33)28-22-19-11-7-6-8-16(19)12-20(22)32/h3-11,13-14,20,22,32H,12H2,1-2H3,(H2,28,29,33)/t20-,22-/m1/s1. The molecule has 34 heavy (non-hydrogen) atoms. The number of hydrogen-bond acceptors (Lipinski definition) is 6. The summed E-state index contributed by atoms with van der Waals surface area (Å²) in [5.41, 5.74) is 4.82. The fraction of sp³-hybridized carbons (Fsp3) is 0.200. The maximum Gasteiger partial charge on any atom is 0.320 e. The molecule has 0 unspecified atom stereocenters. The van der Waals surface area contributed by atoms with Gasteiger partial charge in [0.1, 0.15) is 11.5 Å². The van der Waals surface area contributed by atoms with Crippen LogP contribution < -0.4 is 15.4 Å². The third-order valence-corrected chi connectivity index (χ3v) is 5.93. The van der Waals surface area contributed by atoms with Gasteiger partial charge in [0.05, 0.1) is 24.9 Å². The van der Waals surface area contributed by atoms with Crippen LogP contribution in [0.2, 0.25) is 0 Å². The van der Waals surface area contributed by atoms with Gasteiger partial charge in [-0.25, -0.2) is 19.4 Å². The molecule has 0 aliphatic heterocycles. The summed E-state index contributed by atoms with van der Waals surface area (Å²) in [6.45, 7) is 1.88. The second-order valence-electron chi connectivity index (χ2n) is 8.07. The molecule has 9 heteroatoms. The molecule has 0 saturated carbocycles. The van der Waals surface area contributed by atoms with Gasteiger partial charge in [0, 0.05) is 29.9 Å². The highest BCUT2D eigenvalue weighted by atomic mass is 16.5. The van der Waals surface area contributed by atoms with Crippen LogP contribution in [0.25, 0.3) is 16.9 Å². The number of amides is 2. The number of benzene rings is 2. The highest BCUT2D eigenvalue weighted by Crippen LogP contribution is 2.33. The first-order valence-corrected chi connectivity index (χ1v) is 10.9. The van der Waals surface area contributed by atoms with Crippen LogP contribution in [-0.2, 0) is 6.42 Å². The van der Waals surface area contributed by atoms with E-state index >= 15 is 0 Å². The molecule has 172 valence electrons. The van der Waals surface area contributed by atoms with E-state index in [-0.39, 0.29) is 6.01 Å². The van der Waals surface area contributed by atoms with Crippen molar-refractivity contribution >= 4 is 11.8 Å². The molecule has 0 saturated heterocycles. The number of methoxy groups -OCH3 is 1. The minimum absolute atomic E-state index is 0.261. The number of aliphatic hydroxyl groups excluding tert-OH is 1. The minimum Gasteiger partial charge on any atom is -0.467 e. The number of urea groups is 1. The summed E-state index contributed by atoms with van der Waals surface area (Å²) in [4.78, 5) is 21.4. The number of nitrogens with one attached hydrogen (secondary N) is 2. The van der Waals surface area contributed by atoms with Crippen LogP contribution in [0.4, 0.5) is 10.6 Å². The molecular weight excluding hydrogens is 432 g/mol. The van der Waals surface area contributed by atoms with Crippen molar-refractivity contribution in [3.63, 3.8) is 0 Å². The Kier molecular flexibility index (Phi) is 5.69. The number of carbonyl (C=O) groups excluding carboxylic acids is 1. The van der Waals surface area contributed by atoms with Crippen molar-refractivity contribution in [3.05, 3.63) is 83.7 Å². The van der Waals surface area contributed by atoms with Gasteiger partial charge in [0.25, 0.3) is 0 Å². The molecule has 9 nitrogen and oxygen atoms in total.